The molecule has 8 nitrogen and oxygen atoms in total. The van der Waals surface area contributed by atoms with Gasteiger partial charge in [0, 0.05) is 6.07 Å². The van der Waals surface area contributed by atoms with Crippen molar-refractivity contribution in [2.45, 2.75) is 6.10 Å². The number of aliphatic hydroxyl groups excluding tert-OH is 1. The summed E-state index contributed by atoms with van der Waals surface area (Å²) in [6, 6.07) is 17.8. The molecule has 2 N–H and O–H groups in total. The number of rotatable bonds is 6. The number of hydrazone groups is 1. The number of carbonyl (C=O) groups is 1. The van der Waals surface area contributed by atoms with Gasteiger partial charge in [0.25, 0.3) is 11.6 Å². The van der Waals surface area contributed by atoms with Crippen LogP contribution in [-0.2, 0) is 4.79 Å². The van der Waals surface area contributed by atoms with E-state index >= 15 is 0 Å². The number of hydrogen-bond acceptors (Lipinski definition) is 6. The van der Waals surface area contributed by atoms with Gasteiger partial charge >= 0.3 is 0 Å². The van der Waals surface area contributed by atoms with Crippen LogP contribution in [0.1, 0.15) is 17.4 Å². The molecule has 27 heavy (non-hydrogen) atoms. The van der Waals surface area contributed by atoms with Crippen LogP contribution < -0.4 is 5.43 Å². The molecular weight excluding hydrogens is 350 g/mol. The van der Waals surface area contributed by atoms with Gasteiger partial charge in [-0.25, -0.2) is 5.43 Å². The predicted octanol–water partition coefficient (Wildman–Crippen LogP) is 3.04. The molecule has 1 amide bonds. The number of furan rings is 1. The lowest BCUT2D eigenvalue weighted by molar-refractivity contribution is -0.384. The van der Waals surface area contributed by atoms with Crippen LogP contribution in [0.3, 0.4) is 0 Å². The van der Waals surface area contributed by atoms with Crippen molar-refractivity contribution in [2.24, 2.45) is 5.10 Å². The molecule has 136 valence electrons. The van der Waals surface area contributed by atoms with Crippen molar-refractivity contribution in [1.29, 1.82) is 0 Å². The molecule has 1 heterocycles. The molecule has 3 aromatic rings. The summed E-state index contributed by atoms with van der Waals surface area (Å²) < 4.78 is 5.52. The van der Waals surface area contributed by atoms with Crippen LogP contribution in [-0.4, -0.2) is 22.2 Å². The first kappa shape index (κ1) is 18.0. The van der Waals surface area contributed by atoms with Crippen LogP contribution in [0.25, 0.3) is 11.3 Å². The molecule has 0 aliphatic heterocycles. The lowest BCUT2D eigenvalue weighted by Gasteiger charge is -2.08. The largest absolute Gasteiger partial charge is 0.455 e. The standard InChI is InChI=1S/C19H15N3O5/c23-18(13-6-2-1-3-7-13)19(24)21-20-12-14-10-11-17(27-14)15-8-4-5-9-16(15)22(25)26/h1-12,18,23H,(H,21,24). The molecule has 0 aliphatic rings. The fourth-order valence-corrected chi connectivity index (χ4v) is 2.42. The Morgan fingerprint density at radius 1 is 1.11 bits per heavy atom. The normalized spacial score (nSPS) is 12.0. The molecular formula is C19H15N3O5. The molecule has 8 heteroatoms. The van der Waals surface area contributed by atoms with Gasteiger partial charge in [-0.2, -0.15) is 5.10 Å². The van der Waals surface area contributed by atoms with Crippen molar-refractivity contribution >= 4 is 17.8 Å². The molecule has 0 saturated carbocycles. The van der Waals surface area contributed by atoms with Crippen LogP contribution >= 0.6 is 0 Å². The Bertz CT molecular complexity index is 982. The van der Waals surface area contributed by atoms with Gasteiger partial charge in [-0.15, -0.1) is 0 Å². The Labute approximate surface area is 153 Å². The van der Waals surface area contributed by atoms with E-state index in [4.69, 9.17) is 4.42 Å². The summed E-state index contributed by atoms with van der Waals surface area (Å²) in [4.78, 5) is 22.5. The third-order valence-corrected chi connectivity index (χ3v) is 3.72. The van der Waals surface area contributed by atoms with Crippen molar-refractivity contribution in [1.82, 2.24) is 5.43 Å². The molecule has 2 aromatic carbocycles. The van der Waals surface area contributed by atoms with Gasteiger partial charge in [0.1, 0.15) is 11.5 Å². The summed E-state index contributed by atoms with van der Waals surface area (Å²) in [6.45, 7) is 0. The number of carbonyl (C=O) groups excluding carboxylic acids is 1. The highest BCUT2D eigenvalue weighted by molar-refractivity contribution is 5.84. The smallest absolute Gasteiger partial charge is 0.280 e. The SMILES string of the molecule is O=C(NN=Cc1ccc(-c2ccccc2[N+](=O)[O-])o1)C(O)c1ccccc1. The molecule has 1 unspecified atom stereocenters. The number of aliphatic hydroxyl groups is 1. The highest BCUT2D eigenvalue weighted by Gasteiger charge is 2.17. The Hall–Kier alpha value is -3.78. The van der Waals surface area contributed by atoms with Crippen molar-refractivity contribution in [3.8, 4) is 11.3 Å². The van der Waals surface area contributed by atoms with Crippen molar-refractivity contribution < 1.29 is 19.2 Å². The lowest BCUT2D eigenvalue weighted by Crippen LogP contribution is -2.25. The van der Waals surface area contributed by atoms with Crippen molar-refractivity contribution in [2.75, 3.05) is 0 Å². The second-order valence-electron chi connectivity index (χ2n) is 5.52. The summed E-state index contributed by atoms with van der Waals surface area (Å²) in [5.74, 6) is -0.0972. The predicted molar refractivity (Wildman–Crippen MR) is 97.9 cm³/mol. The zero-order chi connectivity index (χ0) is 19.2. The number of nitro groups is 1. The van der Waals surface area contributed by atoms with E-state index < -0.39 is 16.9 Å². The average molecular weight is 365 g/mol. The van der Waals surface area contributed by atoms with Crippen LogP contribution in [0.4, 0.5) is 5.69 Å². The fourth-order valence-electron chi connectivity index (χ4n) is 2.42. The zero-order valence-electron chi connectivity index (χ0n) is 14.0. The van der Waals surface area contributed by atoms with E-state index in [2.05, 4.69) is 10.5 Å². The summed E-state index contributed by atoms with van der Waals surface area (Å²) in [5, 5.41) is 24.8. The van der Waals surface area contributed by atoms with Gasteiger partial charge in [-0.1, -0.05) is 42.5 Å². The number of nitrogens with one attached hydrogen (secondary N) is 1. The number of amides is 1. The monoisotopic (exact) mass is 365 g/mol. The fraction of sp³-hybridized carbons (Fsp3) is 0.0526. The minimum absolute atomic E-state index is 0.0744. The second-order valence-corrected chi connectivity index (χ2v) is 5.52. The maximum absolute atomic E-state index is 11.9. The third-order valence-electron chi connectivity index (χ3n) is 3.72. The van der Waals surface area contributed by atoms with Crippen molar-refractivity contribution in [3.05, 3.63) is 88.2 Å². The molecule has 0 spiro atoms. The average Bonchev–Trinajstić information content (AvgIpc) is 3.16. The first-order valence-corrected chi connectivity index (χ1v) is 7.96. The summed E-state index contributed by atoms with van der Waals surface area (Å²) in [7, 11) is 0. The Balaban J connectivity index is 1.68. The van der Waals surface area contributed by atoms with Crippen LogP contribution in [0.5, 0.6) is 0 Å². The number of para-hydroxylation sites is 1. The number of nitro benzene ring substituents is 1. The van der Waals surface area contributed by atoms with E-state index in [0.29, 0.717) is 16.9 Å². The van der Waals surface area contributed by atoms with Crippen LogP contribution in [0.15, 0.2) is 76.2 Å². The molecule has 0 saturated heterocycles. The Morgan fingerprint density at radius 2 is 1.81 bits per heavy atom. The van der Waals surface area contributed by atoms with Crippen LogP contribution in [0, 0.1) is 10.1 Å². The molecule has 0 bridgehead atoms. The van der Waals surface area contributed by atoms with Gasteiger partial charge in [0.15, 0.2) is 6.10 Å². The third kappa shape index (κ3) is 4.25. The van der Waals surface area contributed by atoms with E-state index in [-0.39, 0.29) is 11.4 Å². The van der Waals surface area contributed by atoms with Gasteiger partial charge in [-0.05, 0) is 23.8 Å². The Morgan fingerprint density at radius 3 is 2.56 bits per heavy atom. The number of hydrogen-bond donors (Lipinski definition) is 2. The topological polar surface area (TPSA) is 118 Å². The number of nitrogens with zero attached hydrogens (tertiary/aromatic N) is 2. The van der Waals surface area contributed by atoms with Gasteiger partial charge < -0.3 is 9.52 Å². The quantitative estimate of drug-likeness (QED) is 0.395. The molecule has 1 atom stereocenters. The molecule has 0 fully saturated rings. The van der Waals surface area contributed by atoms with E-state index in [1.165, 1.54) is 12.3 Å². The van der Waals surface area contributed by atoms with E-state index in [1.54, 1.807) is 60.7 Å². The molecule has 0 radical (unpaired) electrons. The lowest BCUT2D eigenvalue weighted by atomic mass is 10.1. The molecule has 3 rings (SSSR count). The van der Waals surface area contributed by atoms with Gasteiger partial charge in [-0.3, -0.25) is 14.9 Å². The van der Waals surface area contributed by atoms with Crippen LogP contribution in [0.2, 0.25) is 0 Å². The van der Waals surface area contributed by atoms with Gasteiger partial charge in [0.2, 0.25) is 0 Å². The minimum atomic E-state index is -1.34. The highest BCUT2D eigenvalue weighted by atomic mass is 16.6. The van der Waals surface area contributed by atoms with Gasteiger partial charge in [0.05, 0.1) is 16.7 Å². The molecule has 0 aliphatic carbocycles. The zero-order valence-corrected chi connectivity index (χ0v) is 14.0. The highest BCUT2D eigenvalue weighted by Crippen LogP contribution is 2.30. The number of benzene rings is 2. The van der Waals surface area contributed by atoms with E-state index in [9.17, 15) is 20.0 Å². The summed E-state index contributed by atoms with van der Waals surface area (Å²) in [6.07, 6.45) is -0.101. The minimum Gasteiger partial charge on any atom is -0.455 e. The maximum Gasteiger partial charge on any atom is 0.280 e. The van der Waals surface area contributed by atoms with E-state index in [1.807, 2.05) is 0 Å². The van der Waals surface area contributed by atoms with E-state index in [0.717, 1.165) is 0 Å². The first-order chi connectivity index (χ1) is 13.1. The maximum atomic E-state index is 11.9. The molecule has 1 aromatic heterocycles. The second kappa shape index (κ2) is 8.07. The Kier molecular flexibility index (Phi) is 5.38. The first-order valence-electron chi connectivity index (χ1n) is 7.96. The summed E-state index contributed by atoms with van der Waals surface area (Å²) >= 11 is 0. The summed E-state index contributed by atoms with van der Waals surface area (Å²) in [5.41, 5.74) is 2.93. The van der Waals surface area contributed by atoms with Crippen molar-refractivity contribution in [3.63, 3.8) is 0 Å².